The van der Waals surface area contributed by atoms with E-state index < -0.39 is 0 Å². The van der Waals surface area contributed by atoms with Gasteiger partial charge in [-0.1, -0.05) is 44.2 Å². The topological polar surface area (TPSA) is 43.1 Å². The number of ketones is 1. The van der Waals surface area contributed by atoms with E-state index in [0.29, 0.717) is 17.7 Å². The van der Waals surface area contributed by atoms with Gasteiger partial charge in [-0.15, -0.1) is 0 Å². The Labute approximate surface area is 104 Å². The maximum Gasteiger partial charge on any atom is 0.164 e. The van der Waals surface area contributed by atoms with E-state index in [1.165, 1.54) is 19.3 Å². The largest absolute Gasteiger partial charge is 0.398 e. The van der Waals surface area contributed by atoms with Gasteiger partial charge < -0.3 is 5.73 Å². The zero-order chi connectivity index (χ0) is 12.7. The molecule has 0 bridgehead atoms. The van der Waals surface area contributed by atoms with Gasteiger partial charge in [0, 0.05) is 17.7 Å². The number of hydrogen-bond acceptors (Lipinski definition) is 2. The third-order valence-electron chi connectivity index (χ3n) is 3.02. The molecule has 2 heteroatoms. The zero-order valence-corrected chi connectivity index (χ0v) is 11.0. The van der Waals surface area contributed by atoms with Crippen LogP contribution in [0.3, 0.4) is 0 Å². The van der Waals surface area contributed by atoms with Crippen molar-refractivity contribution >= 4 is 11.5 Å². The lowest BCUT2D eigenvalue weighted by Gasteiger charge is -2.06. The van der Waals surface area contributed by atoms with Crippen LogP contribution in [0.4, 0.5) is 5.69 Å². The second-order valence-corrected chi connectivity index (χ2v) is 4.68. The molecule has 1 aromatic carbocycles. The van der Waals surface area contributed by atoms with Crippen molar-refractivity contribution in [1.29, 1.82) is 0 Å². The van der Waals surface area contributed by atoms with Crippen LogP contribution in [0, 0.1) is 6.92 Å². The summed E-state index contributed by atoms with van der Waals surface area (Å²) in [4.78, 5) is 12.0. The molecule has 0 unspecified atom stereocenters. The number of nitrogens with two attached hydrogens (primary N) is 1. The Kier molecular flexibility index (Phi) is 5.75. The molecule has 0 saturated carbocycles. The lowest BCUT2D eigenvalue weighted by atomic mass is 10.0. The lowest BCUT2D eigenvalue weighted by molar-refractivity contribution is 0.0980. The standard InChI is InChI=1S/C15H23NO/c1-3-4-5-6-7-8-15(17)13-11-12(2)9-10-14(13)16/h9-11H,3-8,16H2,1-2H3. The van der Waals surface area contributed by atoms with E-state index in [1.54, 1.807) is 0 Å². The molecule has 1 aromatic rings. The van der Waals surface area contributed by atoms with E-state index in [0.717, 1.165) is 18.4 Å². The molecule has 0 aliphatic rings. The second-order valence-electron chi connectivity index (χ2n) is 4.68. The first-order valence-electron chi connectivity index (χ1n) is 6.54. The minimum atomic E-state index is 0.183. The number of aryl methyl sites for hydroxylation is 1. The summed E-state index contributed by atoms with van der Waals surface area (Å²) in [5, 5.41) is 0. The van der Waals surface area contributed by atoms with Crippen molar-refractivity contribution in [1.82, 2.24) is 0 Å². The van der Waals surface area contributed by atoms with Crippen LogP contribution in [-0.2, 0) is 0 Å². The number of benzene rings is 1. The second kappa shape index (κ2) is 7.10. The molecule has 0 amide bonds. The van der Waals surface area contributed by atoms with Crippen molar-refractivity contribution in [3.8, 4) is 0 Å². The van der Waals surface area contributed by atoms with Crippen LogP contribution in [-0.4, -0.2) is 5.78 Å². The first-order chi connectivity index (χ1) is 8.15. The molecule has 0 aliphatic carbocycles. The number of Topliss-reactive ketones (excluding diaryl/α,β-unsaturated/α-hetero) is 1. The molecule has 0 fully saturated rings. The summed E-state index contributed by atoms with van der Waals surface area (Å²) in [7, 11) is 0. The molecule has 94 valence electrons. The highest BCUT2D eigenvalue weighted by Crippen LogP contribution is 2.17. The Morgan fingerprint density at radius 3 is 2.59 bits per heavy atom. The fourth-order valence-corrected chi connectivity index (χ4v) is 1.94. The molecule has 2 nitrogen and oxygen atoms in total. The number of carbonyl (C=O) groups is 1. The highest BCUT2D eigenvalue weighted by molar-refractivity contribution is 6.00. The summed E-state index contributed by atoms with van der Waals surface area (Å²) in [6.07, 6.45) is 6.47. The molecule has 0 saturated heterocycles. The molecule has 2 N–H and O–H groups in total. The Bertz CT molecular complexity index is 371. The molecular weight excluding hydrogens is 210 g/mol. The van der Waals surface area contributed by atoms with Crippen molar-refractivity contribution in [2.45, 2.75) is 52.4 Å². The highest BCUT2D eigenvalue weighted by atomic mass is 16.1. The predicted molar refractivity (Wildman–Crippen MR) is 73.3 cm³/mol. The normalized spacial score (nSPS) is 10.5. The Balaban J connectivity index is 2.44. The Hall–Kier alpha value is -1.31. The summed E-state index contributed by atoms with van der Waals surface area (Å²) < 4.78 is 0. The van der Waals surface area contributed by atoms with E-state index in [2.05, 4.69) is 6.92 Å². The molecule has 0 atom stereocenters. The summed E-state index contributed by atoms with van der Waals surface area (Å²) in [6, 6.07) is 5.65. The Morgan fingerprint density at radius 1 is 1.18 bits per heavy atom. The molecule has 1 rings (SSSR count). The summed E-state index contributed by atoms with van der Waals surface area (Å²) in [5.41, 5.74) is 8.21. The zero-order valence-electron chi connectivity index (χ0n) is 11.0. The smallest absolute Gasteiger partial charge is 0.164 e. The number of anilines is 1. The van der Waals surface area contributed by atoms with Gasteiger partial charge in [0.2, 0.25) is 0 Å². The summed E-state index contributed by atoms with van der Waals surface area (Å²) in [6.45, 7) is 4.18. The van der Waals surface area contributed by atoms with Crippen LogP contribution in [0.1, 0.15) is 61.4 Å². The van der Waals surface area contributed by atoms with Gasteiger partial charge in [-0.25, -0.2) is 0 Å². The van der Waals surface area contributed by atoms with Gasteiger partial charge in [-0.2, -0.15) is 0 Å². The minimum absolute atomic E-state index is 0.183. The van der Waals surface area contributed by atoms with Gasteiger partial charge >= 0.3 is 0 Å². The summed E-state index contributed by atoms with van der Waals surface area (Å²) in [5.74, 6) is 0.183. The van der Waals surface area contributed by atoms with E-state index in [9.17, 15) is 4.79 Å². The van der Waals surface area contributed by atoms with Gasteiger partial charge in [-0.3, -0.25) is 4.79 Å². The van der Waals surface area contributed by atoms with Gasteiger partial charge in [0.15, 0.2) is 5.78 Å². The third kappa shape index (κ3) is 4.59. The third-order valence-corrected chi connectivity index (χ3v) is 3.02. The van der Waals surface area contributed by atoms with Crippen molar-refractivity contribution < 1.29 is 4.79 Å². The lowest BCUT2D eigenvalue weighted by Crippen LogP contribution is -2.04. The van der Waals surface area contributed by atoms with Crippen molar-refractivity contribution in [3.05, 3.63) is 29.3 Å². The number of hydrogen-bond donors (Lipinski definition) is 1. The van der Waals surface area contributed by atoms with Crippen molar-refractivity contribution in [2.75, 3.05) is 5.73 Å². The van der Waals surface area contributed by atoms with Crippen LogP contribution in [0.15, 0.2) is 18.2 Å². The van der Waals surface area contributed by atoms with Crippen molar-refractivity contribution in [2.24, 2.45) is 0 Å². The fourth-order valence-electron chi connectivity index (χ4n) is 1.94. The summed E-state index contributed by atoms with van der Waals surface area (Å²) >= 11 is 0. The molecular formula is C15H23NO. The van der Waals surface area contributed by atoms with Crippen LogP contribution < -0.4 is 5.73 Å². The predicted octanol–water partition coefficient (Wildman–Crippen LogP) is 4.12. The van der Waals surface area contributed by atoms with Crippen LogP contribution in [0.25, 0.3) is 0 Å². The molecule has 0 aliphatic heterocycles. The molecule has 17 heavy (non-hydrogen) atoms. The molecule has 0 radical (unpaired) electrons. The van der Waals surface area contributed by atoms with E-state index >= 15 is 0 Å². The SMILES string of the molecule is CCCCCCCC(=O)c1cc(C)ccc1N. The number of carbonyl (C=O) groups excluding carboxylic acids is 1. The van der Waals surface area contributed by atoms with Gasteiger partial charge in [0.1, 0.15) is 0 Å². The van der Waals surface area contributed by atoms with Gasteiger partial charge in [0.25, 0.3) is 0 Å². The highest BCUT2D eigenvalue weighted by Gasteiger charge is 2.09. The molecule has 0 spiro atoms. The monoisotopic (exact) mass is 233 g/mol. The number of rotatable bonds is 7. The van der Waals surface area contributed by atoms with E-state index in [1.807, 2.05) is 25.1 Å². The maximum absolute atomic E-state index is 12.0. The van der Waals surface area contributed by atoms with Crippen LogP contribution in [0.2, 0.25) is 0 Å². The average molecular weight is 233 g/mol. The first-order valence-corrected chi connectivity index (χ1v) is 6.54. The maximum atomic E-state index is 12.0. The fraction of sp³-hybridized carbons (Fsp3) is 0.533. The van der Waals surface area contributed by atoms with Gasteiger partial charge in [-0.05, 0) is 25.5 Å². The molecule has 0 heterocycles. The van der Waals surface area contributed by atoms with E-state index in [-0.39, 0.29) is 5.78 Å². The van der Waals surface area contributed by atoms with E-state index in [4.69, 9.17) is 5.73 Å². The van der Waals surface area contributed by atoms with Gasteiger partial charge in [0.05, 0.1) is 0 Å². The van der Waals surface area contributed by atoms with Crippen molar-refractivity contribution in [3.63, 3.8) is 0 Å². The first kappa shape index (κ1) is 13.8. The van der Waals surface area contributed by atoms with Crippen LogP contribution in [0.5, 0.6) is 0 Å². The minimum Gasteiger partial charge on any atom is -0.398 e. The quantitative estimate of drug-likeness (QED) is 0.437. The number of unbranched alkanes of at least 4 members (excludes halogenated alkanes) is 4. The average Bonchev–Trinajstić information content (AvgIpc) is 2.32. The van der Waals surface area contributed by atoms with Crippen LogP contribution >= 0.6 is 0 Å². The number of nitrogen functional groups attached to an aromatic ring is 1. The molecule has 0 aromatic heterocycles. The Morgan fingerprint density at radius 2 is 1.88 bits per heavy atom.